The summed E-state index contributed by atoms with van der Waals surface area (Å²) in [5.41, 5.74) is 0.948. The van der Waals surface area contributed by atoms with Crippen LogP contribution in [0.5, 0.6) is 5.75 Å². The number of ether oxygens (including phenoxy) is 1. The molecule has 5 heteroatoms. The fourth-order valence-corrected chi connectivity index (χ4v) is 1.87. The highest BCUT2D eigenvalue weighted by Crippen LogP contribution is 2.22. The van der Waals surface area contributed by atoms with Crippen molar-refractivity contribution >= 4 is 11.6 Å². The van der Waals surface area contributed by atoms with Crippen LogP contribution in [0.25, 0.3) is 0 Å². The predicted molar refractivity (Wildman–Crippen MR) is 76.4 cm³/mol. The first kappa shape index (κ1) is 14.9. The van der Waals surface area contributed by atoms with E-state index in [0.717, 1.165) is 24.3 Å². The summed E-state index contributed by atoms with van der Waals surface area (Å²) >= 11 is 5.62. The number of hydrogen-bond donors (Lipinski definition) is 1. The lowest BCUT2D eigenvalue weighted by atomic mass is 10.2. The van der Waals surface area contributed by atoms with Crippen molar-refractivity contribution in [2.75, 3.05) is 6.54 Å². The lowest BCUT2D eigenvalue weighted by Gasteiger charge is -2.07. The Morgan fingerprint density at radius 3 is 2.95 bits per heavy atom. The molecule has 108 valence electrons. The van der Waals surface area contributed by atoms with E-state index in [1.54, 1.807) is 12.3 Å². The average Bonchev–Trinajstić information content (AvgIpc) is 2.88. The van der Waals surface area contributed by atoms with E-state index in [4.69, 9.17) is 20.8 Å². The Morgan fingerprint density at radius 2 is 2.20 bits per heavy atom. The SMILES string of the molecule is CCCNCc1occc1COc1ccc(Cl)c(F)c1. The molecule has 1 aromatic heterocycles. The van der Waals surface area contributed by atoms with Crippen molar-refractivity contribution < 1.29 is 13.5 Å². The molecule has 0 saturated carbocycles. The minimum Gasteiger partial charge on any atom is -0.489 e. The summed E-state index contributed by atoms with van der Waals surface area (Å²) in [5.74, 6) is 0.801. The molecule has 1 N–H and O–H groups in total. The molecule has 0 aliphatic carbocycles. The molecule has 3 nitrogen and oxygen atoms in total. The van der Waals surface area contributed by atoms with E-state index >= 15 is 0 Å². The van der Waals surface area contributed by atoms with Gasteiger partial charge < -0.3 is 14.5 Å². The predicted octanol–water partition coefficient (Wildman–Crippen LogP) is 4.15. The maximum atomic E-state index is 13.3. The van der Waals surface area contributed by atoms with Gasteiger partial charge >= 0.3 is 0 Å². The fraction of sp³-hybridized carbons (Fsp3) is 0.333. The topological polar surface area (TPSA) is 34.4 Å². The van der Waals surface area contributed by atoms with Crippen LogP contribution in [0, 0.1) is 5.82 Å². The fourth-order valence-electron chi connectivity index (χ4n) is 1.76. The van der Waals surface area contributed by atoms with Crippen LogP contribution in [-0.4, -0.2) is 6.54 Å². The molecule has 0 fully saturated rings. The van der Waals surface area contributed by atoms with Gasteiger partial charge in [0.15, 0.2) is 0 Å². The molecular weight excluding hydrogens is 281 g/mol. The van der Waals surface area contributed by atoms with Gasteiger partial charge in [-0.3, -0.25) is 0 Å². The van der Waals surface area contributed by atoms with E-state index in [0.29, 0.717) is 18.9 Å². The molecule has 0 aliphatic rings. The Morgan fingerprint density at radius 1 is 1.35 bits per heavy atom. The van der Waals surface area contributed by atoms with Gasteiger partial charge in [-0.05, 0) is 31.2 Å². The molecule has 1 heterocycles. The van der Waals surface area contributed by atoms with Crippen LogP contribution in [0.2, 0.25) is 5.02 Å². The highest BCUT2D eigenvalue weighted by atomic mass is 35.5. The molecule has 0 atom stereocenters. The molecular formula is C15H17ClFNO2. The van der Waals surface area contributed by atoms with Crippen LogP contribution in [0.3, 0.4) is 0 Å². The molecule has 2 aromatic rings. The van der Waals surface area contributed by atoms with Crippen LogP contribution in [-0.2, 0) is 13.2 Å². The van der Waals surface area contributed by atoms with Gasteiger partial charge in [-0.25, -0.2) is 4.39 Å². The molecule has 2 rings (SSSR count). The van der Waals surface area contributed by atoms with E-state index in [1.165, 1.54) is 12.1 Å². The molecule has 0 spiro atoms. The van der Waals surface area contributed by atoms with Gasteiger partial charge in [0, 0.05) is 11.6 Å². The summed E-state index contributed by atoms with van der Waals surface area (Å²) in [7, 11) is 0. The zero-order valence-electron chi connectivity index (χ0n) is 11.3. The third-order valence-corrected chi connectivity index (χ3v) is 3.14. The molecule has 20 heavy (non-hydrogen) atoms. The molecule has 0 saturated heterocycles. The van der Waals surface area contributed by atoms with E-state index < -0.39 is 5.82 Å². The number of rotatable bonds is 7. The number of furan rings is 1. The lowest BCUT2D eigenvalue weighted by Crippen LogP contribution is -2.14. The van der Waals surface area contributed by atoms with Crippen molar-refractivity contribution in [3.63, 3.8) is 0 Å². The summed E-state index contributed by atoms with van der Waals surface area (Å²) in [4.78, 5) is 0. The number of hydrogen-bond acceptors (Lipinski definition) is 3. The molecule has 0 bridgehead atoms. The second kappa shape index (κ2) is 7.31. The smallest absolute Gasteiger partial charge is 0.145 e. The van der Waals surface area contributed by atoms with Gasteiger partial charge in [0.2, 0.25) is 0 Å². The normalized spacial score (nSPS) is 10.8. The van der Waals surface area contributed by atoms with Crippen molar-refractivity contribution in [1.29, 1.82) is 0 Å². The van der Waals surface area contributed by atoms with Crippen LogP contribution in [0.4, 0.5) is 4.39 Å². The standard InChI is InChI=1S/C15H17ClFNO2/c1-2-6-18-9-15-11(5-7-19-15)10-20-12-3-4-13(16)14(17)8-12/h3-5,7-8,18H,2,6,9-10H2,1H3. The average molecular weight is 298 g/mol. The highest BCUT2D eigenvalue weighted by molar-refractivity contribution is 6.30. The van der Waals surface area contributed by atoms with Crippen LogP contribution >= 0.6 is 11.6 Å². The van der Waals surface area contributed by atoms with Gasteiger partial charge in [0.25, 0.3) is 0 Å². The second-order valence-corrected chi connectivity index (χ2v) is 4.82. The van der Waals surface area contributed by atoms with Crippen molar-refractivity contribution in [3.8, 4) is 5.75 Å². The van der Waals surface area contributed by atoms with Crippen molar-refractivity contribution in [2.24, 2.45) is 0 Å². The zero-order chi connectivity index (χ0) is 14.4. The third-order valence-electron chi connectivity index (χ3n) is 2.84. The number of halogens is 2. The summed E-state index contributed by atoms with van der Waals surface area (Å²) in [5, 5.41) is 3.35. The molecule has 0 aliphatic heterocycles. The first-order chi connectivity index (χ1) is 9.70. The maximum absolute atomic E-state index is 13.3. The highest BCUT2D eigenvalue weighted by Gasteiger charge is 2.08. The molecule has 0 radical (unpaired) electrons. The Balaban J connectivity index is 1.93. The Hall–Kier alpha value is -1.52. The van der Waals surface area contributed by atoms with Crippen LogP contribution in [0.15, 0.2) is 34.9 Å². The van der Waals surface area contributed by atoms with Crippen molar-refractivity contribution in [1.82, 2.24) is 5.32 Å². The first-order valence-corrected chi connectivity index (χ1v) is 6.92. The Kier molecular flexibility index (Phi) is 5.44. The van der Waals surface area contributed by atoms with E-state index in [1.807, 2.05) is 6.07 Å². The van der Waals surface area contributed by atoms with E-state index in [9.17, 15) is 4.39 Å². The maximum Gasteiger partial charge on any atom is 0.145 e. The number of benzene rings is 1. The van der Waals surface area contributed by atoms with Crippen LogP contribution < -0.4 is 10.1 Å². The second-order valence-electron chi connectivity index (χ2n) is 4.41. The van der Waals surface area contributed by atoms with Crippen molar-refractivity contribution in [3.05, 3.63) is 52.7 Å². The largest absolute Gasteiger partial charge is 0.489 e. The molecule has 0 amide bonds. The van der Waals surface area contributed by atoms with E-state index in [-0.39, 0.29) is 5.02 Å². The van der Waals surface area contributed by atoms with Gasteiger partial charge in [-0.2, -0.15) is 0 Å². The van der Waals surface area contributed by atoms with Gasteiger partial charge in [0.05, 0.1) is 17.8 Å². The monoisotopic (exact) mass is 297 g/mol. The molecule has 1 aromatic carbocycles. The van der Waals surface area contributed by atoms with Crippen molar-refractivity contribution in [2.45, 2.75) is 26.5 Å². The molecule has 0 unspecified atom stereocenters. The minimum atomic E-state index is -0.485. The van der Waals surface area contributed by atoms with Crippen LogP contribution in [0.1, 0.15) is 24.7 Å². The first-order valence-electron chi connectivity index (χ1n) is 6.54. The zero-order valence-corrected chi connectivity index (χ0v) is 12.0. The summed E-state index contributed by atoms with van der Waals surface area (Å²) in [6.45, 7) is 4.03. The van der Waals surface area contributed by atoms with Gasteiger partial charge in [-0.1, -0.05) is 18.5 Å². The van der Waals surface area contributed by atoms with Gasteiger partial charge in [-0.15, -0.1) is 0 Å². The summed E-state index contributed by atoms with van der Waals surface area (Å²) < 4.78 is 24.2. The minimum absolute atomic E-state index is 0.0881. The van der Waals surface area contributed by atoms with E-state index in [2.05, 4.69) is 12.2 Å². The quantitative estimate of drug-likeness (QED) is 0.780. The summed E-state index contributed by atoms with van der Waals surface area (Å²) in [6, 6.07) is 6.25. The van der Waals surface area contributed by atoms with Gasteiger partial charge in [0.1, 0.15) is 23.9 Å². The number of nitrogens with one attached hydrogen (secondary N) is 1. The Bertz CT molecular complexity index is 557. The third kappa shape index (κ3) is 3.99. The Labute approximate surface area is 122 Å². The lowest BCUT2D eigenvalue weighted by molar-refractivity contribution is 0.300. The summed E-state index contributed by atoms with van der Waals surface area (Å²) in [6.07, 6.45) is 2.70.